The van der Waals surface area contributed by atoms with Crippen LogP contribution in [0.4, 0.5) is 0 Å². The van der Waals surface area contributed by atoms with E-state index in [9.17, 15) is 5.11 Å². The Morgan fingerprint density at radius 2 is 1.70 bits per heavy atom. The molecule has 0 saturated heterocycles. The van der Waals surface area contributed by atoms with Crippen molar-refractivity contribution < 1.29 is 5.11 Å². The van der Waals surface area contributed by atoms with Crippen LogP contribution in [0.5, 0.6) is 0 Å². The molecule has 1 saturated carbocycles. The van der Waals surface area contributed by atoms with Crippen LogP contribution in [-0.2, 0) is 0 Å². The molecule has 0 amide bonds. The molecule has 1 N–H and O–H groups in total. The van der Waals surface area contributed by atoms with Gasteiger partial charge in [-0.3, -0.25) is 0 Å². The zero-order valence-electron chi connectivity index (χ0n) is 5.41. The van der Waals surface area contributed by atoms with E-state index in [0.717, 1.165) is 12.8 Å². The Kier molecular flexibility index (Phi) is 2.56. The molecule has 0 heterocycles. The van der Waals surface area contributed by atoms with Gasteiger partial charge in [0.05, 0.1) is 0 Å². The Bertz CT molecular complexity index is 120. The second kappa shape index (κ2) is 2.81. The first kappa shape index (κ1) is 9.11. The van der Waals surface area contributed by atoms with Gasteiger partial charge in [0.25, 0.3) is 0 Å². The monoisotopic (exact) mass is 246 g/mol. The smallest absolute Gasteiger partial charge is 0.156 e. The van der Waals surface area contributed by atoms with Crippen LogP contribution in [0, 0.1) is 0 Å². The number of rotatable bonds is 0. The highest BCUT2D eigenvalue weighted by molar-refractivity contribution is 9.10. The lowest BCUT2D eigenvalue weighted by Crippen LogP contribution is -2.43. The molecule has 0 radical (unpaired) electrons. The second-order valence-corrected chi connectivity index (χ2v) is 5.47. The van der Waals surface area contributed by atoms with Crippen LogP contribution in [-0.4, -0.2) is 14.0 Å². The van der Waals surface area contributed by atoms with Crippen molar-refractivity contribution in [3.63, 3.8) is 0 Å². The highest BCUT2D eigenvalue weighted by Crippen LogP contribution is 2.48. The molecule has 4 heteroatoms. The van der Waals surface area contributed by atoms with E-state index in [1.165, 1.54) is 0 Å². The van der Waals surface area contributed by atoms with Crippen molar-refractivity contribution in [2.24, 2.45) is 0 Å². The van der Waals surface area contributed by atoms with E-state index in [-0.39, 0.29) is 0 Å². The van der Waals surface area contributed by atoms with E-state index < -0.39 is 8.84 Å². The van der Waals surface area contributed by atoms with Crippen LogP contribution in [0.1, 0.15) is 25.7 Å². The number of hydrogen-bond acceptors (Lipinski definition) is 1. The summed E-state index contributed by atoms with van der Waals surface area (Å²) in [7, 11) is 0. The molecule has 0 aromatic heterocycles. The highest BCUT2D eigenvalue weighted by Gasteiger charge is 2.47. The predicted molar refractivity (Wildman–Crippen MR) is 46.8 cm³/mol. The van der Waals surface area contributed by atoms with Gasteiger partial charge < -0.3 is 5.11 Å². The van der Waals surface area contributed by atoms with Gasteiger partial charge in [0, 0.05) is 0 Å². The summed E-state index contributed by atoms with van der Waals surface area (Å²) < 4.78 is -2.09. The third-order valence-corrected chi connectivity index (χ3v) is 4.34. The zero-order chi connectivity index (χ0) is 7.83. The fourth-order valence-corrected chi connectivity index (χ4v) is 2.02. The van der Waals surface area contributed by atoms with Gasteiger partial charge in [-0.15, -0.1) is 0 Å². The largest absolute Gasteiger partial charge is 0.376 e. The van der Waals surface area contributed by atoms with Crippen LogP contribution in [0.25, 0.3) is 0 Å². The maximum absolute atomic E-state index is 9.56. The van der Waals surface area contributed by atoms with Gasteiger partial charge in [0.2, 0.25) is 0 Å². The molecular formula is C6H9BrCl2O. The van der Waals surface area contributed by atoms with Gasteiger partial charge in [-0.25, -0.2) is 0 Å². The minimum atomic E-state index is -1.08. The van der Waals surface area contributed by atoms with Gasteiger partial charge in [0.15, 0.2) is 8.84 Å². The third kappa shape index (κ3) is 1.60. The van der Waals surface area contributed by atoms with Crippen molar-refractivity contribution in [2.75, 3.05) is 0 Å². The van der Waals surface area contributed by atoms with Crippen molar-refractivity contribution in [1.82, 2.24) is 0 Å². The molecule has 0 aliphatic heterocycles. The molecule has 0 aromatic rings. The number of hydrogen-bond donors (Lipinski definition) is 1. The molecule has 0 aromatic carbocycles. The van der Waals surface area contributed by atoms with E-state index in [4.69, 9.17) is 23.2 Å². The Labute approximate surface area is 78.8 Å². The summed E-state index contributed by atoms with van der Waals surface area (Å²) in [6.45, 7) is 0. The molecule has 10 heavy (non-hydrogen) atoms. The maximum Gasteiger partial charge on any atom is 0.156 e. The van der Waals surface area contributed by atoms with Crippen LogP contribution in [0.3, 0.4) is 0 Å². The predicted octanol–water partition coefficient (Wildman–Crippen LogP) is 2.82. The van der Waals surface area contributed by atoms with E-state index in [2.05, 4.69) is 15.9 Å². The Balaban J connectivity index is 2.70. The quantitative estimate of drug-likeness (QED) is 0.653. The van der Waals surface area contributed by atoms with E-state index in [1.54, 1.807) is 0 Å². The van der Waals surface area contributed by atoms with Gasteiger partial charge >= 0.3 is 0 Å². The summed E-state index contributed by atoms with van der Waals surface area (Å²) in [5, 5.41) is 9.56. The maximum atomic E-state index is 9.56. The summed E-state index contributed by atoms with van der Waals surface area (Å²) in [5.74, 6) is 0. The van der Waals surface area contributed by atoms with Crippen molar-refractivity contribution >= 4 is 39.1 Å². The summed E-state index contributed by atoms with van der Waals surface area (Å²) >= 11 is 14.8. The normalized spacial score (nSPS) is 39.6. The lowest BCUT2D eigenvalue weighted by molar-refractivity contribution is 0.0916. The minimum absolute atomic E-state index is 0.625. The average Bonchev–Trinajstić information content (AvgIpc) is 1.77. The highest BCUT2D eigenvalue weighted by atomic mass is 79.9. The van der Waals surface area contributed by atoms with Crippen molar-refractivity contribution in [3.05, 3.63) is 0 Å². The van der Waals surface area contributed by atoms with Gasteiger partial charge in [-0.1, -0.05) is 45.6 Å². The van der Waals surface area contributed by atoms with Crippen LogP contribution in [0.15, 0.2) is 0 Å². The van der Waals surface area contributed by atoms with Gasteiger partial charge in [0.1, 0.15) is 0 Å². The summed E-state index contributed by atoms with van der Waals surface area (Å²) in [6, 6.07) is 0. The van der Waals surface area contributed by atoms with Crippen LogP contribution in [0.2, 0.25) is 0 Å². The number of alkyl halides is 3. The lowest BCUT2D eigenvalue weighted by Gasteiger charge is -2.37. The Morgan fingerprint density at radius 1 is 1.20 bits per heavy atom. The average molecular weight is 248 g/mol. The van der Waals surface area contributed by atoms with Crippen molar-refractivity contribution in [2.45, 2.75) is 34.5 Å². The fourth-order valence-electron chi connectivity index (χ4n) is 1.08. The fraction of sp³-hybridized carbons (Fsp3) is 1.00. The molecule has 0 bridgehead atoms. The minimum Gasteiger partial charge on any atom is -0.376 e. The molecular weight excluding hydrogens is 239 g/mol. The molecule has 1 atom stereocenters. The van der Waals surface area contributed by atoms with Crippen LogP contribution < -0.4 is 0 Å². The standard InChI is InChI=1S/C6H9BrCl2O/c7-5(10)3-1-2-4-6(5,8)9/h10H,1-4H2. The Morgan fingerprint density at radius 3 is 2.00 bits per heavy atom. The molecule has 0 spiro atoms. The molecule has 1 fully saturated rings. The zero-order valence-corrected chi connectivity index (χ0v) is 8.51. The first-order chi connectivity index (χ1) is 4.46. The Hall–Kier alpha value is 1.02. The molecule has 1 aliphatic carbocycles. The van der Waals surface area contributed by atoms with Gasteiger partial charge in [-0.05, 0) is 19.3 Å². The number of aliphatic hydroxyl groups is 1. The van der Waals surface area contributed by atoms with E-state index in [0.29, 0.717) is 12.8 Å². The molecule has 60 valence electrons. The summed E-state index contributed by atoms with van der Waals surface area (Å²) in [5.41, 5.74) is 0. The molecule has 1 unspecified atom stereocenters. The van der Waals surface area contributed by atoms with E-state index >= 15 is 0 Å². The topological polar surface area (TPSA) is 20.2 Å². The van der Waals surface area contributed by atoms with Crippen LogP contribution >= 0.6 is 39.1 Å². The molecule has 1 rings (SSSR count). The van der Waals surface area contributed by atoms with Gasteiger partial charge in [-0.2, -0.15) is 0 Å². The summed E-state index contributed by atoms with van der Waals surface area (Å²) in [4.78, 5) is 0. The first-order valence-corrected chi connectivity index (χ1v) is 4.80. The lowest BCUT2D eigenvalue weighted by atomic mass is 9.97. The van der Waals surface area contributed by atoms with E-state index in [1.807, 2.05) is 0 Å². The molecule has 1 nitrogen and oxygen atoms in total. The summed E-state index contributed by atoms with van der Waals surface area (Å²) in [6.07, 6.45) is 3.24. The first-order valence-electron chi connectivity index (χ1n) is 3.25. The molecule has 1 aliphatic rings. The second-order valence-electron chi connectivity index (χ2n) is 2.67. The van der Waals surface area contributed by atoms with Crippen molar-refractivity contribution in [1.29, 1.82) is 0 Å². The third-order valence-electron chi connectivity index (χ3n) is 1.81. The van der Waals surface area contributed by atoms with Crippen molar-refractivity contribution in [3.8, 4) is 0 Å². The SMILES string of the molecule is OC1(Br)CCCCC1(Cl)Cl. The number of halogens is 3.